The Labute approximate surface area is 113 Å². The van der Waals surface area contributed by atoms with Gasteiger partial charge in [-0.3, -0.25) is 0 Å². The number of halogens is 1. The average Bonchev–Trinajstić information content (AvgIpc) is 2.26. The summed E-state index contributed by atoms with van der Waals surface area (Å²) in [5.41, 5.74) is 0.959. The Morgan fingerprint density at radius 3 is 2.50 bits per heavy atom. The van der Waals surface area contributed by atoms with Crippen LogP contribution in [-0.2, 0) is 0 Å². The summed E-state index contributed by atoms with van der Waals surface area (Å²) >= 11 is 5.96. The molecule has 0 aliphatic carbocycles. The van der Waals surface area contributed by atoms with E-state index in [1.165, 1.54) is 0 Å². The number of anilines is 1. The van der Waals surface area contributed by atoms with Crippen LogP contribution in [0.2, 0.25) is 5.02 Å². The van der Waals surface area contributed by atoms with Crippen molar-refractivity contribution in [3.63, 3.8) is 0 Å². The van der Waals surface area contributed by atoms with Crippen LogP contribution < -0.4 is 4.90 Å². The molecule has 0 spiro atoms. The minimum Gasteiger partial charge on any atom is -0.478 e. The van der Waals surface area contributed by atoms with Gasteiger partial charge in [-0.05, 0) is 37.5 Å². The molecule has 100 valence electrons. The zero-order valence-corrected chi connectivity index (χ0v) is 12.0. The van der Waals surface area contributed by atoms with Crippen LogP contribution in [0.1, 0.15) is 37.6 Å². The van der Waals surface area contributed by atoms with Gasteiger partial charge in [-0.15, -0.1) is 0 Å². The molecule has 1 N–H and O–H groups in total. The maximum Gasteiger partial charge on any atom is 0.337 e. The molecule has 0 saturated carbocycles. The van der Waals surface area contributed by atoms with Gasteiger partial charge >= 0.3 is 5.97 Å². The predicted molar refractivity (Wildman–Crippen MR) is 75.7 cm³/mol. The van der Waals surface area contributed by atoms with Crippen molar-refractivity contribution in [1.29, 1.82) is 0 Å². The van der Waals surface area contributed by atoms with Crippen LogP contribution in [-0.4, -0.2) is 24.2 Å². The summed E-state index contributed by atoms with van der Waals surface area (Å²) in [6.45, 7) is 6.40. The molecular formula is C14H20ClNO2. The fraction of sp³-hybridized carbons (Fsp3) is 0.500. The van der Waals surface area contributed by atoms with Crippen LogP contribution in [0.25, 0.3) is 0 Å². The van der Waals surface area contributed by atoms with Gasteiger partial charge in [0.1, 0.15) is 0 Å². The largest absolute Gasteiger partial charge is 0.478 e. The first-order valence-electron chi connectivity index (χ1n) is 6.08. The Balaban J connectivity index is 3.06. The third-order valence-corrected chi connectivity index (χ3v) is 3.28. The summed E-state index contributed by atoms with van der Waals surface area (Å²) in [7, 11) is 1.91. The smallest absolute Gasteiger partial charge is 0.337 e. The minimum atomic E-state index is -0.926. The average molecular weight is 270 g/mol. The molecule has 1 atom stereocenters. The summed E-state index contributed by atoms with van der Waals surface area (Å²) in [6.07, 6.45) is 1.00. The first-order valence-corrected chi connectivity index (χ1v) is 6.46. The third-order valence-electron chi connectivity index (χ3n) is 3.04. The summed E-state index contributed by atoms with van der Waals surface area (Å²) in [4.78, 5) is 13.2. The first kappa shape index (κ1) is 14.8. The van der Waals surface area contributed by atoms with Crippen LogP contribution in [0.15, 0.2) is 18.2 Å². The van der Waals surface area contributed by atoms with Gasteiger partial charge in [0.05, 0.1) is 11.3 Å². The van der Waals surface area contributed by atoms with Gasteiger partial charge in [0, 0.05) is 18.1 Å². The zero-order chi connectivity index (χ0) is 13.9. The van der Waals surface area contributed by atoms with Gasteiger partial charge in [0.25, 0.3) is 0 Å². The van der Waals surface area contributed by atoms with E-state index < -0.39 is 5.97 Å². The van der Waals surface area contributed by atoms with Gasteiger partial charge in [-0.2, -0.15) is 0 Å². The lowest BCUT2D eigenvalue weighted by molar-refractivity contribution is 0.0697. The van der Waals surface area contributed by atoms with Crippen molar-refractivity contribution >= 4 is 23.3 Å². The van der Waals surface area contributed by atoms with Crippen LogP contribution in [0.5, 0.6) is 0 Å². The molecule has 0 fully saturated rings. The van der Waals surface area contributed by atoms with Crippen molar-refractivity contribution in [1.82, 2.24) is 0 Å². The van der Waals surface area contributed by atoms with Crippen molar-refractivity contribution in [3.8, 4) is 0 Å². The third kappa shape index (κ3) is 3.64. The number of aromatic carboxylic acids is 1. The van der Waals surface area contributed by atoms with Crippen LogP contribution in [0.3, 0.4) is 0 Å². The summed E-state index contributed by atoms with van der Waals surface area (Å²) < 4.78 is 0. The second-order valence-electron chi connectivity index (χ2n) is 5.06. The molecule has 0 aliphatic rings. The van der Waals surface area contributed by atoms with E-state index in [-0.39, 0.29) is 11.6 Å². The molecule has 0 heterocycles. The summed E-state index contributed by atoms with van der Waals surface area (Å²) in [6, 6.07) is 5.14. The Morgan fingerprint density at radius 2 is 2.00 bits per heavy atom. The van der Waals surface area contributed by atoms with Crippen molar-refractivity contribution in [2.24, 2.45) is 5.92 Å². The topological polar surface area (TPSA) is 40.5 Å². The molecule has 18 heavy (non-hydrogen) atoms. The molecule has 0 amide bonds. The second kappa shape index (κ2) is 6.10. The Hall–Kier alpha value is -1.22. The number of carbonyl (C=O) groups is 1. The quantitative estimate of drug-likeness (QED) is 0.881. The number of rotatable bonds is 5. The lowest BCUT2D eigenvalue weighted by atomic mass is 10.0. The summed E-state index contributed by atoms with van der Waals surface area (Å²) in [5.74, 6) is -0.361. The van der Waals surface area contributed by atoms with Gasteiger partial charge in [0.15, 0.2) is 0 Å². The predicted octanol–water partition coefficient (Wildman–Crippen LogP) is 3.91. The zero-order valence-electron chi connectivity index (χ0n) is 11.3. The molecule has 0 saturated heterocycles. The van der Waals surface area contributed by atoms with Crippen LogP contribution in [0, 0.1) is 5.92 Å². The van der Waals surface area contributed by atoms with E-state index in [0.717, 1.165) is 6.42 Å². The first-order chi connectivity index (χ1) is 8.32. The van der Waals surface area contributed by atoms with Gasteiger partial charge < -0.3 is 10.0 Å². The molecule has 0 aliphatic heterocycles. The Kier molecular flexibility index (Phi) is 5.03. The molecule has 1 aromatic rings. The molecule has 0 aromatic heterocycles. The molecule has 0 radical (unpaired) electrons. The Bertz CT molecular complexity index is 432. The van der Waals surface area contributed by atoms with Crippen molar-refractivity contribution in [2.75, 3.05) is 11.9 Å². The molecule has 1 rings (SSSR count). The van der Waals surface area contributed by atoms with E-state index in [1.54, 1.807) is 18.2 Å². The highest BCUT2D eigenvalue weighted by Crippen LogP contribution is 2.27. The van der Waals surface area contributed by atoms with E-state index in [9.17, 15) is 9.90 Å². The minimum absolute atomic E-state index is 0.265. The van der Waals surface area contributed by atoms with Crippen molar-refractivity contribution < 1.29 is 9.90 Å². The number of benzene rings is 1. The van der Waals surface area contributed by atoms with Gasteiger partial charge in [-0.25, -0.2) is 4.79 Å². The van der Waals surface area contributed by atoms with E-state index in [4.69, 9.17) is 11.6 Å². The number of carboxylic acids is 1. The maximum absolute atomic E-state index is 11.2. The Morgan fingerprint density at radius 1 is 1.39 bits per heavy atom. The van der Waals surface area contributed by atoms with Crippen LogP contribution in [0.4, 0.5) is 5.69 Å². The molecular weight excluding hydrogens is 250 g/mol. The normalized spacial score (nSPS) is 12.6. The fourth-order valence-corrected chi connectivity index (χ4v) is 2.22. The number of carboxylic acid groups (broad SMARTS) is 1. The highest BCUT2D eigenvalue weighted by atomic mass is 35.5. The number of hydrogen-bond donors (Lipinski definition) is 1. The van der Waals surface area contributed by atoms with E-state index >= 15 is 0 Å². The molecule has 0 bridgehead atoms. The van der Waals surface area contributed by atoms with Gasteiger partial charge in [0.2, 0.25) is 0 Å². The molecule has 4 heteroatoms. The SMILES string of the molecule is CC(C)CC(C)N(C)c1cc(Cl)ccc1C(=O)O. The number of nitrogens with zero attached hydrogens (tertiary/aromatic N) is 1. The highest BCUT2D eigenvalue weighted by molar-refractivity contribution is 6.31. The lowest BCUT2D eigenvalue weighted by Crippen LogP contribution is -2.31. The second-order valence-corrected chi connectivity index (χ2v) is 5.49. The number of hydrogen-bond acceptors (Lipinski definition) is 2. The standard InChI is InChI=1S/C14H20ClNO2/c1-9(2)7-10(3)16(4)13-8-11(15)5-6-12(13)14(17)18/h5-6,8-10H,7H2,1-4H3,(H,17,18). The maximum atomic E-state index is 11.2. The van der Waals surface area contributed by atoms with E-state index in [1.807, 2.05) is 11.9 Å². The lowest BCUT2D eigenvalue weighted by Gasteiger charge is -2.29. The molecule has 1 aromatic carbocycles. The van der Waals surface area contributed by atoms with Crippen LogP contribution >= 0.6 is 11.6 Å². The summed E-state index contributed by atoms with van der Waals surface area (Å²) in [5, 5.41) is 9.75. The van der Waals surface area contributed by atoms with E-state index in [2.05, 4.69) is 20.8 Å². The molecule has 1 unspecified atom stereocenters. The van der Waals surface area contributed by atoms with Gasteiger partial charge in [-0.1, -0.05) is 25.4 Å². The van der Waals surface area contributed by atoms with E-state index in [0.29, 0.717) is 16.6 Å². The van der Waals surface area contributed by atoms with Crippen molar-refractivity contribution in [3.05, 3.63) is 28.8 Å². The monoisotopic (exact) mass is 269 g/mol. The fourth-order valence-electron chi connectivity index (χ4n) is 2.06. The highest BCUT2D eigenvalue weighted by Gasteiger charge is 2.18. The van der Waals surface area contributed by atoms with Crippen molar-refractivity contribution in [2.45, 2.75) is 33.2 Å². The molecule has 3 nitrogen and oxygen atoms in total.